The van der Waals surface area contributed by atoms with Gasteiger partial charge in [0.05, 0.1) is 0 Å². The third-order valence-corrected chi connectivity index (χ3v) is 2.89. The maximum absolute atomic E-state index is 4.20. The number of nitrogens with zero attached hydrogens (tertiary/aromatic N) is 2. The number of imidazole rings is 1. The van der Waals surface area contributed by atoms with Crippen molar-refractivity contribution in [2.45, 2.75) is 19.9 Å². The van der Waals surface area contributed by atoms with Crippen LogP contribution in [0, 0.1) is 6.92 Å². The molecule has 0 fully saturated rings. The van der Waals surface area contributed by atoms with Gasteiger partial charge in [-0.2, -0.15) is 0 Å². The van der Waals surface area contributed by atoms with E-state index < -0.39 is 0 Å². The molecule has 1 heterocycles. The molecule has 0 amide bonds. The van der Waals surface area contributed by atoms with Crippen LogP contribution in [0.4, 0.5) is 0 Å². The average Bonchev–Trinajstić information content (AvgIpc) is 2.76. The summed E-state index contributed by atoms with van der Waals surface area (Å²) >= 11 is 0. The van der Waals surface area contributed by atoms with Crippen molar-refractivity contribution < 1.29 is 0 Å². The van der Waals surface area contributed by atoms with Crippen LogP contribution in [-0.2, 0) is 13.0 Å². The maximum atomic E-state index is 4.20. The predicted octanol–water partition coefficient (Wildman–Crippen LogP) is 2.02. The van der Waals surface area contributed by atoms with Gasteiger partial charge in [0.25, 0.3) is 0 Å². The largest absolute Gasteiger partial charge is 0.334 e. The van der Waals surface area contributed by atoms with Crippen molar-refractivity contribution in [2.24, 2.45) is 0 Å². The van der Waals surface area contributed by atoms with E-state index in [1.165, 1.54) is 5.56 Å². The molecular weight excluding hydrogens is 210 g/mol. The fraction of sp³-hybridized carbons (Fsp3) is 0.357. The Morgan fingerprint density at radius 3 is 2.71 bits per heavy atom. The van der Waals surface area contributed by atoms with Crippen molar-refractivity contribution in [3.63, 3.8) is 0 Å². The molecule has 1 aromatic heterocycles. The van der Waals surface area contributed by atoms with Crippen LogP contribution in [0.2, 0.25) is 0 Å². The Morgan fingerprint density at radius 2 is 2.00 bits per heavy atom. The zero-order valence-electron chi connectivity index (χ0n) is 10.3. The second-order valence-electron chi connectivity index (χ2n) is 4.15. The van der Waals surface area contributed by atoms with E-state index in [1.54, 1.807) is 0 Å². The van der Waals surface area contributed by atoms with Crippen LogP contribution in [0.3, 0.4) is 0 Å². The normalized spacial score (nSPS) is 10.6. The summed E-state index contributed by atoms with van der Waals surface area (Å²) in [6.45, 7) is 5.03. The molecule has 2 aromatic rings. The minimum atomic E-state index is 0.987. The molecule has 90 valence electrons. The smallest absolute Gasteiger partial charge is 0.105 e. The van der Waals surface area contributed by atoms with Crippen LogP contribution in [0.25, 0.3) is 0 Å². The van der Waals surface area contributed by atoms with Crippen LogP contribution < -0.4 is 5.32 Å². The first-order valence-corrected chi connectivity index (χ1v) is 6.08. The molecule has 0 saturated carbocycles. The first-order chi connectivity index (χ1) is 8.36. The molecule has 1 N–H and O–H groups in total. The Balaban J connectivity index is 1.63. The summed E-state index contributed by atoms with van der Waals surface area (Å²) in [5, 5.41) is 3.45. The second kappa shape index (κ2) is 6.21. The summed E-state index contributed by atoms with van der Waals surface area (Å²) in [5.74, 6) is 1.08. The summed E-state index contributed by atoms with van der Waals surface area (Å²) in [4.78, 5) is 4.20. The minimum Gasteiger partial charge on any atom is -0.334 e. The number of aromatic nitrogens is 2. The van der Waals surface area contributed by atoms with Gasteiger partial charge in [0, 0.05) is 25.5 Å². The number of hydrogen-bond acceptors (Lipinski definition) is 2. The summed E-state index contributed by atoms with van der Waals surface area (Å²) < 4.78 is 2.16. The highest BCUT2D eigenvalue weighted by Gasteiger charge is 1.95. The molecule has 0 aliphatic carbocycles. The van der Waals surface area contributed by atoms with E-state index in [0.717, 1.165) is 31.9 Å². The molecular formula is C14H19N3. The lowest BCUT2D eigenvalue weighted by Crippen LogP contribution is -2.22. The maximum Gasteiger partial charge on any atom is 0.105 e. The molecule has 0 spiro atoms. The van der Waals surface area contributed by atoms with Gasteiger partial charge in [0.15, 0.2) is 0 Å². The molecule has 0 bridgehead atoms. The number of rotatable bonds is 6. The highest BCUT2D eigenvalue weighted by Crippen LogP contribution is 1.98. The molecule has 3 heteroatoms. The third kappa shape index (κ3) is 3.71. The van der Waals surface area contributed by atoms with E-state index in [4.69, 9.17) is 0 Å². The van der Waals surface area contributed by atoms with E-state index in [9.17, 15) is 0 Å². The first-order valence-electron chi connectivity index (χ1n) is 6.08. The number of nitrogens with one attached hydrogen (secondary N) is 1. The monoisotopic (exact) mass is 229 g/mol. The molecule has 2 rings (SSSR count). The molecule has 1 aromatic carbocycles. The molecule has 17 heavy (non-hydrogen) atoms. The standard InChI is InChI=1S/C14H19N3/c1-13-16-10-12-17(13)11-9-15-8-7-14-5-3-2-4-6-14/h2-6,10,12,15H,7-9,11H2,1H3. The van der Waals surface area contributed by atoms with Gasteiger partial charge in [0.1, 0.15) is 5.82 Å². The molecule has 3 nitrogen and oxygen atoms in total. The van der Waals surface area contributed by atoms with E-state index in [-0.39, 0.29) is 0 Å². The van der Waals surface area contributed by atoms with E-state index >= 15 is 0 Å². The Bertz CT molecular complexity index is 434. The van der Waals surface area contributed by atoms with E-state index in [0.29, 0.717) is 0 Å². The van der Waals surface area contributed by atoms with Gasteiger partial charge in [0.2, 0.25) is 0 Å². The van der Waals surface area contributed by atoms with Crippen molar-refractivity contribution in [3.8, 4) is 0 Å². The van der Waals surface area contributed by atoms with Gasteiger partial charge >= 0.3 is 0 Å². The number of benzene rings is 1. The van der Waals surface area contributed by atoms with Gasteiger partial charge in [-0.1, -0.05) is 30.3 Å². The van der Waals surface area contributed by atoms with Crippen molar-refractivity contribution in [3.05, 3.63) is 54.1 Å². The molecule has 0 aliphatic heterocycles. The Kier molecular flexibility index (Phi) is 4.33. The lowest BCUT2D eigenvalue weighted by molar-refractivity contribution is 0.588. The second-order valence-corrected chi connectivity index (χ2v) is 4.15. The quantitative estimate of drug-likeness (QED) is 0.768. The zero-order valence-corrected chi connectivity index (χ0v) is 10.3. The van der Waals surface area contributed by atoms with Crippen molar-refractivity contribution >= 4 is 0 Å². The van der Waals surface area contributed by atoms with E-state index in [2.05, 4.69) is 45.2 Å². The highest BCUT2D eigenvalue weighted by molar-refractivity contribution is 5.14. The van der Waals surface area contributed by atoms with Gasteiger partial charge in [-0.25, -0.2) is 4.98 Å². The summed E-state index contributed by atoms with van der Waals surface area (Å²) in [7, 11) is 0. The summed E-state index contributed by atoms with van der Waals surface area (Å²) in [5.41, 5.74) is 1.39. The lowest BCUT2D eigenvalue weighted by atomic mass is 10.1. The van der Waals surface area contributed by atoms with Crippen molar-refractivity contribution in [1.29, 1.82) is 0 Å². The third-order valence-electron chi connectivity index (χ3n) is 2.89. The van der Waals surface area contributed by atoms with Crippen LogP contribution in [0.15, 0.2) is 42.7 Å². The zero-order chi connectivity index (χ0) is 11.9. The fourth-order valence-electron chi connectivity index (χ4n) is 1.84. The summed E-state index contributed by atoms with van der Waals surface area (Å²) in [6, 6.07) is 10.6. The van der Waals surface area contributed by atoms with Crippen LogP contribution in [-0.4, -0.2) is 22.6 Å². The Morgan fingerprint density at radius 1 is 1.18 bits per heavy atom. The van der Waals surface area contributed by atoms with Crippen LogP contribution >= 0.6 is 0 Å². The van der Waals surface area contributed by atoms with Crippen molar-refractivity contribution in [2.75, 3.05) is 13.1 Å². The predicted molar refractivity (Wildman–Crippen MR) is 70.0 cm³/mol. The van der Waals surface area contributed by atoms with Gasteiger partial charge in [-0.3, -0.25) is 0 Å². The first kappa shape index (κ1) is 11.9. The average molecular weight is 229 g/mol. The SMILES string of the molecule is Cc1nccn1CCNCCc1ccccc1. The summed E-state index contributed by atoms with van der Waals surface area (Å²) in [6.07, 6.45) is 4.96. The van der Waals surface area contributed by atoms with Gasteiger partial charge in [-0.05, 0) is 25.5 Å². The highest BCUT2D eigenvalue weighted by atomic mass is 15.1. The Hall–Kier alpha value is -1.61. The number of aryl methyl sites for hydroxylation is 1. The van der Waals surface area contributed by atoms with Crippen LogP contribution in [0.5, 0.6) is 0 Å². The fourth-order valence-corrected chi connectivity index (χ4v) is 1.84. The van der Waals surface area contributed by atoms with Gasteiger partial charge in [-0.15, -0.1) is 0 Å². The van der Waals surface area contributed by atoms with Gasteiger partial charge < -0.3 is 9.88 Å². The topological polar surface area (TPSA) is 29.9 Å². The minimum absolute atomic E-state index is 0.987. The molecule has 0 aliphatic rings. The molecule has 0 radical (unpaired) electrons. The number of hydrogen-bond donors (Lipinski definition) is 1. The van der Waals surface area contributed by atoms with Crippen LogP contribution in [0.1, 0.15) is 11.4 Å². The van der Waals surface area contributed by atoms with Crippen molar-refractivity contribution in [1.82, 2.24) is 14.9 Å². The van der Waals surface area contributed by atoms with E-state index in [1.807, 2.05) is 19.3 Å². The molecule has 0 unspecified atom stereocenters. The lowest BCUT2D eigenvalue weighted by Gasteiger charge is -2.07. The Labute approximate surface area is 103 Å². The molecule has 0 saturated heterocycles. The molecule has 0 atom stereocenters.